The number of halogens is 1. The first kappa shape index (κ1) is 14.1. The van der Waals surface area contributed by atoms with Crippen molar-refractivity contribution in [3.63, 3.8) is 0 Å². The van der Waals surface area contributed by atoms with Gasteiger partial charge in [-0.1, -0.05) is 29.8 Å². The summed E-state index contributed by atoms with van der Waals surface area (Å²) in [6.45, 7) is 5.03. The van der Waals surface area contributed by atoms with Crippen LogP contribution in [0.4, 0.5) is 5.82 Å². The van der Waals surface area contributed by atoms with Crippen molar-refractivity contribution in [1.82, 2.24) is 9.55 Å². The van der Waals surface area contributed by atoms with Crippen LogP contribution in [0.2, 0.25) is 0 Å². The molecule has 20 heavy (non-hydrogen) atoms. The van der Waals surface area contributed by atoms with Gasteiger partial charge in [-0.3, -0.25) is 4.79 Å². The summed E-state index contributed by atoms with van der Waals surface area (Å²) in [7, 11) is 0. The Hall–Kier alpha value is -0.840. The number of anilines is 1. The van der Waals surface area contributed by atoms with Crippen molar-refractivity contribution >= 4 is 21.7 Å². The van der Waals surface area contributed by atoms with Gasteiger partial charge in [-0.05, 0) is 31.6 Å². The van der Waals surface area contributed by atoms with Gasteiger partial charge in [0, 0.05) is 35.8 Å². The fourth-order valence-electron chi connectivity index (χ4n) is 3.61. The SMILES string of the molecule is CC(C)Cn1ccnc(N2C3CCC2CC(Br)C3)c1=O. The third-order valence-electron chi connectivity index (χ3n) is 4.38. The highest BCUT2D eigenvalue weighted by atomic mass is 79.9. The van der Waals surface area contributed by atoms with Crippen molar-refractivity contribution in [2.24, 2.45) is 5.92 Å². The van der Waals surface area contributed by atoms with E-state index in [1.165, 1.54) is 12.8 Å². The van der Waals surface area contributed by atoms with E-state index in [0.29, 0.717) is 28.6 Å². The van der Waals surface area contributed by atoms with E-state index in [9.17, 15) is 4.79 Å². The molecule has 2 aliphatic rings. The van der Waals surface area contributed by atoms with E-state index in [2.05, 4.69) is 39.7 Å². The van der Waals surface area contributed by atoms with Crippen LogP contribution in [0.1, 0.15) is 39.5 Å². The van der Waals surface area contributed by atoms with Gasteiger partial charge in [-0.15, -0.1) is 0 Å². The normalized spacial score (nSPS) is 29.2. The van der Waals surface area contributed by atoms with Crippen molar-refractivity contribution in [3.8, 4) is 0 Å². The topological polar surface area (TPSA) is 38.1 Å². The molecule has 2 bridgehead atoms. The molecule has 0 radical (unpaired) electrons. The molecule has 3 rings (SSSR count). The van der Waals surface area contributed by atoms with E-state index < -0.39 is 0 Å². The highest BCUT2D eigenvalue weighted by Gasteiger charge is 2.41. The van der Waals surface area contributed by atoms with Gasteiger partial charge in [0.2, 0.25) is 0 Å². The summed E-state index contributed by atoms with van der Waals surface area (Å²) in [5, 5.41) is 0. The summed E-state index contributed by atoms with van der Waals surface area (Å²) in [6, 6.07) is 0.960. The summed E-state index contributed by atoms with van der Waals surface area (Å²) < 4.78 is 1.81. The molecule has 4 nitrogen and oxygen atoms in total. The van der Waals surface area contributed by atoms with Gasteiger partial charge in [0.25, 0.3) is 5.56 Å². The molecule has 3 heterocycles. The third-order valence-corrected chi connectivity index (χ3v) is 5.13. The largest absolute Gasteiger partial charge is 0.346 e. The van der Waals surface area contributed by atoms with E-state index in [0.717, 1.165) is 19.4 Å². The Morgan fingerprint density at radius 3 is 2.60 bits per heavy atom. The lowest BCUT2D eigenvalue weighted by Gasteiger charge is -2.37. The maximum atomic E-state index is 12.7. The lowest BCUT2D eigenvalue weighted by atomic mass is 10.0. The Labute approximate surface area is 128 Å². The standard InChI is InChI=1S/C15H22BrN3O/c1-10(2)9-18-6-5-17-14(15(18)20)19-12-3-4-13(19)8-11(16)7-12/h5-6,10-13H,3-4,7-9H2,1-2H3. The molecule has 0 saturated carbocycles. The van der Waals surface area contributed by atoms with Crippen molar-refractivity contribution in [2.45, 2.75) is 63.0 Å². The summed E-state index contributed by atoms with van der Waals surface area (Å²) in [4.78, 5) is 20.0. The van der Waals surface area contributed by atoms with Crippen LogP contribution >= 0.6 is 15.9 Å². The zero-order valence-corrected chi connectivity index (χ0v) is 13.7. The Morgan fingerprint density at radius 1 is 1.35 bits per heavy atom. The lowest BCUT2D eigenvalue weighted by Crippen LogP contribution is -2.47. The van der Waals surface area contributed by atoms with Crippen LogP contribution < -0.4 is 10.5 Å². The van der Waals surface area contributed by atoms with E-state index >= 15 is 0 Å². The van der Waals surface area contributed by atoms with E-state index in [-0.39, 0.29) is 5.56 Å². The second kappa shape index (κ2) is 5.51. The first-order valence-electron chi connectivity index (χ1n) is 7.54. The summed E-state index contributed by atoms with van der Waals surface area (Å²) in [5.41, 5.74) is 0.0751. The Balaban J connectivity index is 1.93. The zero-order chi connectivity index (χ0) is 14.3. The number of hydrogen-bond donors (Lipinski definition) is 0. The smallest absolute Gasteiger partial charge is 0.293 e. The second-order valence-corrected chi connectivity index (χ2v) is 7.76. The second-order valence-electron chi connectivity index (χ2n) is 6.46. The van der Waals surface area contributed by atoms with Crippen LogP contribution in [0.5, 0.6) is 0 Å². The van der Waals surface area contributed by atoms with Crippen LogP contribution in [0.25, 0.3) is 0 Å². The summed E-state index contributed by atoms with van der Waals surface area (Å²) >= 11 is 3.74. The number of fused-ring (bicyclic) bond motifs is 2. The monoisotopic (exact) mass is 339 g/mol. The Morgan fingerprint density at radius 2 is 2.00 bits per heavy atom. The molecule has 0 spiro atoms. The van der Waals surface area contributed by atoms with Crippen molar-refractivity contribution in [3.05, 3.63) is 22.7 Å². The zero-order valence-electron chi connectivity index (χ0n) is 12.1. The van der Waals surface area contributed by atoms with Crippen molar-refractivity contribution in [2.75, 3.05) is 4.90 Å². The molecular formula is C15H22BrN3O. The molecular weight excluding hydrogens is 318 g/mol. The molecule has 1 aromatic heterocycles. The molecule has 2 saturated heterocycles. The number of hydrogen-bond acceptors (Lipinski definition) is 3. The maximum absolute atomic E-state index is 12.7. The van der Waals surface area contributed by atoms with Gasteiger partial charge in [0.1, 0.15) is 0 Å². The fraction of sp³-hybridized carbons (Fsp3) is 0.733. The number of rotatable bonds is 3. The van der Waals surface area contributed by atoms with Crippen LogP contribution in [0.3, 0.4) is 0 Å². The van der Waals surface area contributed by atoms with Crippen LogP contribution in [-0.4, -0.2) is 26.5 Å². The van der Waals surface area contributed by atoms with E-state index in [4.69, 9.17) is 0 Å². The third kappa shape index (κ3) is 2.52. The molecule has 2 unspecified atom stereocenters. The van der Waals surface area contributed by atoms with Crippen LogP contribution in [0.15, 0.2) is 17.2 Å². The maximum Gasteiger partial charge on any atom is 0.293 e. The number of alkyl halides is 1. The van der Waals surface area contributed by atoms with E-state index in [1.807, 2.05) is 10.8 Å². The average molecular weight is 340 g/mol. The van der Waals surface area contributed by atoms with Gasteiger partial charge in [0.15, 0.2) is 5.82 Å². The van der Waals surface area contributed by atoms with Crippen molar-refractivity contribution in [1.29, 1.82) is 0 Å². The van der Waals surface area contributed by atoms with Gasteiger partial charge >= 0.3 is 0 Å². The molecule has 0 aromatic carbocycles. The number of nitrogens with zero attached hydrogens (tertiary/aromatic N) is 3. The molecule has 2 aliphatic heterocycles. The quantitative estimate of drug-likeness (QED) is 0.794. The molecule has 1 aromatic rings. The van der Waals surface area contributed by atoms with Gasteiger partial charge < -0.3 is 9.47 Å². The highest BCUT2D eigenvalue weighted by Crippen LogP contribution is 2.39. The minimum atomic E-state index is 0.0751. The minimum Gasteiger partial charge on any atom is -0.346 e. The van der Waals surface area contributed by atoms with Gasteiger partial charge in [-0.25, -0.2) is 4.98 Å². The molecule has 2 fully saturated rings. The van der Waals surface area contributed by atoms with Gasteiger partial charge in [0.05, 0.1) is 0 Å². The minimum absolute atomic E-state index is 0.0751. The van der Waals surface area contributed by atoms with Gasteiger partial charge in [-0.2, -0.15) is 0 Å². The van der Waals surface area contributed by atoms with Crippen LogP contribution in [0, 0.1) is 5.92 Å². The Bertz CT molecular complexity index is 528. The molecule has 5 heteroatoms. The first-order chi connectivity index (χ1) is 9.56. The lowest BCUT2D eigenvalue weighted by molar-refractivity contribution is 0.468. The number of aromatic nitrogens is 2. The summed E-state index contributed by atoms with van der Waals surface area (Å²) in [5.74, 6) is 1.13. The predicted molar refractivity (Wildman–Crippen MR) is 84.6 cm³/mol. The van der Waals surface area contributed by atoms with E-state index in [1.54, 1.807) is 6.20 Å². The summed E-state index contributed by atoms with van der Waals surface area (Å²) in [6.07, 6.45) is 8.21. The fourth-order valence-corrected chi connectivity index (χ4v) is 4.47. The highest BCUT2D eigenvalue weighted by molar-refractivity contribution is 9.09. The molecule has 110 valence electrons. The average Bonchev–Trinajstić information content (AvgIpc) is 2.64. The predicted octanol–water partition coefficient (Wildman–Crippen LogP) is 2.79. The molecule has 0 amide bonds. The Kier molecular flexibility index (Phi) is 3.89. The number of piperidine rings is 1. The first-order valence-corrected chi connectivity index (χ1v) is 8.45. The van der Waals surface area contributed by atoms with Crippen LogP contribution in [-0.2, 0) is 6.54 Å². The molecule has 2 atom stereocenters. The molecule has 0 aliphatic carbocycles. The molecule has 0 N–H and O–H groups in total. The van der Waals surface area contributed by atoms with Crippen molar-refractivity contribution < 1.29 is 0 Å².